The molecule has 2 rings (SSSR count). The molecule has 1 aromatic carbocycles. The number of ether oxygens (including phenoxy) is 3. The molecule has 6 nitrogen and oxygen atoms in total. The van der Waals surface area contributed by atoms with E-state index in [4.69, 9.17) is 14.2 Å². The number of carbonyl (C=O) groups excluding carboxylic acids is 1. The van der Waals surface area contributed by atoms with Crippen LogP contribution in [0.2, 0.25) is 0 Å². The first-order valence-corrected chi connectivity index (χ1v) is 7.38. The molecular weight excluding hydrogens is 284 g/mol. The Kier molecular flexibility index (Phi) is 5.49. The molecule has 1 aliphatic heterocycles. The number of carbonyl (C=O) groups is 1. The molecule has 0 aromatic heterocycles. The number of hydrogen-bond donors (Lipinski definition) is 0. The largest absolute Gasteiger partial charge is 0.493 e. The number of benzene rings is 1. The molecule has 1 fully saturated rings. The van der Waals surface area contributed by atoms with Crippen molar-refractivity contribution in [2.24, 2.45) is 0 Å². The third-order valence-electron chi connectivity index (χ3n) is 4.23. The second-order valence-electron chi connectivity index (χ2n) is 5.28. The van der Waals surface area contributed by atoms with E-state index in [1.54, 1.807) is 26.2 Å². The Balaban J connectivity index is 2.26. The van der Waals surface area contributed by atoms with Gasteiger partial charge in [0.05, 0.1) is 21.3 Å². The van der Waals surface area contributed by atoms with Crippen molar-refractivity contribution < 1.29 is 19.0 Å². The molecule has 1 atom stereocenters. The van der Waals surface area contributed by atoms with Crippen LogP contribution in [0.5, 0.6) is 17.2 Å². The highest BCUT2D eigenvalue weighted by molar-refractivity contribution is 5.56. The molecule has 0 bridgehead atoms. The molecule has 0 radical (unpaired) electrons. The third-order valence-corrected chi connectivity index (χ3v) is 4.23. The van der Waals surface area contributed by atoms with Gasteiger partial charge in [-0.2, -0.15) is 0 Å². The van der Waals surface area contributed by atoms with Crippen LogP contribution in [0.15, 0.2) is 12.1 Å². The van der Waals surface area contributed by atoms with E-state index in [9.17, 15) is 4.79 Å². The first-order valence-electron chi connectivity index (χ1n) is 7.38. The van der Waals surface area contributed by atoms with Crippen LogP contribution >= 0.6 is 0 Å². The maximum absolute atomic E-state index is 10.8. The van der Waals surface area contributed by atoms with Crippen molar-refractivity contribution in [3.8, 4) is 17.2 Å². The molecule has 1 aliphatic rings. The monoisotopic (exact) mass is 308 g/mol. The highest BCUT2D eigenvalue weighted by Crippen LogP contribution is 2.43. The van der Waals surface area contributed by atoms with Crippen molar-refractivity contribution in [1.82, 2.24) is 9.80 Å². The van der Waals surface area contributed by atoms with Gasteiger partial charge in [-0.25, -0.2) is 0 Å². The smallest absolute Gasteiger partial charge is 0.209 e. The fourth-order valence-electron chi connectivity index (χ4n) is 2.88. The molecule has 0 spiro atoms. The first kappa shape index (κ1) is 16.4. The van der Waals surface area contributed by atoms with Gasteiger partial charge in [0.25, 0.3) is 0 Å². The van der Waals surface area contributed by atoms with Gasteiger partial charge in [-0.1, -0.05) is 0 Å². The minimum atomic E-state index is 0.170. The Morgan fingerprint density at radius 1 is 1.00 bits per heavy atom. The van der Waals surface area contributed by atoms with Gasteiger partial charge in [0, 0.05) is 37.8 Å². The van der Waals surface area contributed by atoms with E-state index in [1.165, 1.54) is 0 Å². The van der Waals surface area contributed by atoms with E-state index in [-0.39, 0.29) is 6.04 Å². The van der Waals surface area contributed by atoms with Crippen LogP contribution < -0.4 is 14.2 Å². The van der Waals surface area contributed by atoms with Crippen molar-refractivity contribution in [2.45, 2.75) is 13.0 Å². The summed E-state index contributed by atoms with van der Waals surface area (Å²) in [6, 6.07) is 4.08. The average Bonchev–Trinajstić information content (AvgIpc) is 2.59. The fraction of sp³-hybridized carbons (Fsp3) is 0.562. The molecule has 122 valence electrons. The van der Waals surface area contributed by atoms with Crippen LogP contribution in [-0.2, 0) is 4.79 Å². The van der Waals surface area contributed by atoms with E-state index in [0.29, 0.717) is 17.2 Å². The van der Waals surface area contributed by atoms with Gasteiger partial charge in [0.1, 0.15) is 0 Å². The molecule has 0 saturated carbocycles. The predicted molar refractivity (Wildman–Crippen MR) is 83.7 cm³/mol. The van der Waals surface area contributed by atoms with Gasteiger partial charge in [-0.05, 0) is 19.1 Å². The second kappa shape index (κ2) is 7.35. The lowest BCUT2D eigenvalue weighted by molar-refractivity contribution is -0.120. The number of piperazine rings is 1. The number of methoxy groups -OCH3 is 3. The predicted octanol–water partition coefficient (Wildman–Crippen LogP) is 1.55. The van der Waals surface area contributed by atoms with Gasteiger partial charge in [0.2, 0.25) is 12.2 Å². The Labute approximate surface area is 131 Å². The Morgan fingerprint density at radius 3 is 2.14 bits per heavy atom. The third kappa shape index (κ3) is 3.11. The van der Waals surface area contributed by atoms with E-state index in [2.05, 4.69) is 11.8 Å². The molecule has 1 amide bonds. The number of hydrogen-bond acceptors (Lipinski definition) is 5. The Hall–Kier alpha value is -1.95. The summed E-state index contributed by atoms with van der Waals surface area (Å²) in [4.78, 5) is 15.0. The summed E-state index contributed by atoms with van der Waals surface area (Å²) < 4.78 is 16.3. The second-order valence-corrected chi connectivity index (χ2v) is 5.28. The van der Waals surface area contributed by atoms with Gasteiger partial charge < -0.3 is 19.1 Å². The fourth-order valence-corrected chi connectivity index (χ4v) is 2.88. The zero-order valence-electron chi connectivity index (χ0n) is 13.7. The molecule has 6 heteroatoms. The van der Waals surface area contributed by atoms with Crippen LogP contribution in [0.25, 0.3) is 0 Å². The standard InChI is InChI=1S/C16H24N2O4/c1-12(18-9-7-17(11-19)8-10-18)13-5-6-14(20-2)16(22-4)15(13)21-3/h5-6,11-12H,7-10H2,1-4H3. The molecule has 1 heterocycles. The minimum Gasteiger partial charge on any atom is -0.493 e. The summed E-state index contributed by atoms with van der Waals surface area (Å²) in [6.45, 7) is 5.34. The number of nitrogens with zero attached hydrogens (tertiary/aromatic N) is 2. The Morgan fingerprint density at radius 2 is 1.64 bits per heavy atom. The average molecular weight is 308 g/mol. The summed E-state index contributed by atoms with van der Waals surface area (Å²) in [6.07, 6.45) is 0.916. The van der Waals surface area contributed by atoms with Crippen molar-refractivity contribution in [3.05, 3.63) is 17.7 Å². The number of rotatable bonds is 6. The van der Waals surface area contributed by atoms with Gasteiger partial charge >= 0.3 is 0 Å². The maximum Gasteiger partial charge on any atom is 0.209 e. The molecule has 1 unspecified atom stereocenters. The molecular formula is C16H24N2O4. The van der Waals surface area contributed by atoms with E-state index in [1.807, 2.05) is 12.1 Å². The van der Waals surface area contributed by atoms with Gasteiger partial charge in [0.15, 0.2) is 11.5 Å². The summed E-state index contributed by atoms with van der Waals surface area (Å²) in [5.74, 6) is 1.97. The van der Waals surface area contributed by atoms with Crippen LogP contribution in [-0.4, -0.2) is 63.7 Å². The normalized spacial score (nSPS) is 17.0. The highest BCUT2D eigenvalue weighted by atomic mass is 16.5. The van der Waals surface area contributed by atoms with Gasteiger partial charge in [-0.15, -0.1) is 0 Å². The SMILES string of the molecule is COc1ccc(C(C)N2CCN(C=O)CC2)c(OC)c1OC. The summed E-state index contributed by atoms with van der Waals surface area (Å²) >= 11 is 0. The summed E-state index contributed by atoms with van der Waals surface area (Å²) in [5.41, 5.74) is 1.06. The van der Waals surface area contributed by atoms with Crippen molar-refractivity contribution in [1.29, 1.82) is 0 Å². The molecule has 1 saturated heterocycles. The Bertz CT molecular complexity index is 513. The van der Waals surface area contributed by atoms with Crippen molar-refractivity contribution in [2.75, 3.05) is 47.5 Å². The zero-order valence-corrected chi connectivity index (χ0v) is 13.7. The quantitative estimate of drug-likeness (QED) is 0.746. The lowest BCUT2D eigenvalue weighted by Crippen LogP contribution is -2.46. The van der Waals surface area contributed by atoms with E-state index < -0.39 is 0 Å². The molecule has 1 aromatic rings. The van der Waals surface area contributed by atoms with Crippen molar-refractivity contribution in [3.63, 3.8) is 0 Å². The maximum atomic E-state index is 10.8. The lowest BCUT2D eigenvalue weighted by Gasteiger charge is -2.37. The molecule has 0 N–H and O–H groups in total. The van der Waals surface area contributed by atoms with Crippen LogP contribution in [0.3, 0.4) is 0 Å². The summed E-state index contributed by atoms with van der Waals surface area (Å²) in [7, 11) is 4.86. The van der Waals surface area contributed by atoms with Crippen molar-refractivity contribution >= 4 is 6.41 Å². The first-order chi connectivity index (χ1) is 10.7. The molecule has 0 aliphatic carbocycles. The zero-order chi connectivity index (χ0) is 16.1. The molecule has 22 heavy (non-hydrogen) atoms. The van der Waals surface area contributed by atoms with Crippen LogP contribution in [0, 0.1) is 0 Å². The van der Waals surface area contributed by atoms with E-state index in [0.717, 1.165) is 38.2 Å². The topological polar surface area (TPSA) is 51.2 Å². The summed E-state index contributed by atoms with van der Waals surface area (Å²) in [5, 5.41) is 0. The lowest BCUT2D eigenvalue weighted by atomic mass is 10.0. The number of amides is 1. The van der Waals surface area contributed by atoms with Gasteiger partial charge in [-0.3, -0.25) is 9.69 Å². The highest BCUT2D eigenvalue weighted by Gasteiger charge is 2.26. The van der Waals surface area contributed by atoms with E-state index >= 15 is 0 Å². The van der Waals surface area contributed by atoms with Crippen LogP contribution in [0.1, 0.15) is 18.5 Å². The minimum absolute atomic E-state index is 0.170. The van der Waals surface area contributed by atoms with Crippen LogP contribution in [0.4, 0.5) is 0 Å².